The van der Waals surface area contributed by atoms with E-state index in [9.17, 15) is 0 Å². The molecular weight excluding hydrogens is 609 g/mol. The number of nitrogens with zero attached hydrogens (tertiary/aromatic N) is 2. The van der Waals surface area contributed by atoms with Crippen molar-refractivity contribution in [3.63, 3.8) is 0 Å². The van der Waals surface area contributed by atoms with Gasteiger partial charge in [-0.05, 0) is 99.8 Å². The predicted molar refractivity (Wildman–Crippen MR) is 208 cm³/mol. The Morgan fingerprint density at radius 3 is 2.00 bits per heavy atom. The average molecular weight is 647 g/mol. The number of rotatable bonds is 3. The van der Waals surface area contributed by atoms with Crippen LogP contribution in [-0.4, -0.2) is 0 Å². The number of hydrogen-bond donors (Lipinski definition) is 0. The summed E-state index contributed by atoms with van der Waals surface area (Å²) in [6, 6.07) is 51.3. The molecule has 0 N–H and O–H groups in total. The molecule has 0 saturated heterocycles. The second-order valence-corrected chi connectivity index (χ2v) is 15.1. The molecule has 3 nitrogen and oxygen atoms in total. The maximum absolute atomic E-state index is 6.56. The Kier molecular flexibility index (Phi) is 5.90. The summed E-state index contributed by atoms with van der Waals surface area (Å²) in [5.41, 5.74) is 15.7. The van der Waals surface area contributed by atoms with E-state index in [2.05, 4.69) is 184 Å². The van der Waals surface area contributed by atoms with Gasteiger partial charge in [0, 0.05) is 27.6 Å². The molecule has 0 aromatic heterocycles. The highest BCUT2D eigenvalue weighted by Gasteiger charge is 2.42. The van der Waals surface area contributed by atoms with Gasteiger partial charge in [0.25, 0.3) is 0 Å². The maximum Gasteiger partial charge on any atom is 0.151 e. The molecule has 0 bridgehead atoms. The summed E-state index contributed by atoms with van der Waals surface area (Å²) in [5, 5.41) is 2.45. The molecule has 2 heterocycles. The molecule has 0 spiro atoms. The van der Waals surface area contributed by atoms with Crippen LogP contribution in [0.25, 0.3) is 21.9 Å². The molecule has 0 amide bonds. The predicted octanol–water partition coefficient (Wildman–Crippen LogP) is 13.1. The fourth-order valence-electron chi connectivity index (χ4n) is 8.98. The van der Waals surface area contributed by atoms with Gasteiger partial charge in [0.1, 0.15) is 0 Å². The second kappa shape index (κ2) is 10.1. The summed E-state index contributed by atoms with van der Waals surface area (Å²) in [6.07, 6.45) is 0. The molecule has 0 unspecified atom stereocenters. The van der Waals surface area contributed by atoms with Crippen molar-refractivity contribution in [2.45, 2.75) is 45.4 Å². The summed E-state index contributed by atoms with van der Waals surface area (Å²) < 4.78 is 6.56. The highest BCUT2D eigenvalue weighted by atomic mass is 16.5. The van der Waals surface area contributed by atoms with E-state index in [1.165, 1.54) is 61.1 Å². The Morgan fingerprint density at radius 1 is 0.520 bits per heavy atom. The van der Waals surface area contributed by atoms with Crippen molar-refractivity contribution in [1.82, 2.24) is 0 Å². The molecule has 10 rings (SSSR count). The van der Waals surface area contributed by atoms with Crippen LogP contribution >= 0.6 is 0 Å². The lowest BCUT2D eigenvalue weighted by Gasteiger charge is -2.45. The highest BCUT2D eigenvalue weighted by molar-refractivity contribution is 6.01. The van der Waals surface area contributed by atoms with E-state index in [1.807, 2.05) is 0 Å². The minimum atomic E-state index is -0.275. The standard InChI is InChI=1S/C47H38N2O/c1-29-13-10-21-42-44(29)49-41-26-24-32(28-39(41)47(4,5)37-19-12-22-43(50-42)45(37)49)48(40-20-11-15-30-14-6-7-16-33(30)40)31-23-25-35-34-17-8-9-18-36(34)46(2,3)38(35)27-31/h6-28H,1-5H3. The van der Waals surface area contributed by atoms with Crippen LogP contribution in [0.2, 0.25) is 0 Å². The summed E-state index contributed by atoms with van der Waals surface area (Å²) in [5.74, 6) is 1.80. The molecule has 2 aliphatic heterocycles. The van der Waals surface area contributed by atoms with E-state index in [0.29, 0.717) is 0 Å². The Balaban J connectivity index is 1.22. The summed E-state index contributed by atoms with van der Waals surface area (Å²) >= 11 is 0. The van der Waals surface area contributed by atoms with Gasteiger partial charge in [-0.1, -0.05) is 119 Å². The first kappa shape index (κ1) is 29.1. The molecule has 7 aromatic carbocycles. The van der Waals surface area contributed by atoms with Crippen LogP contribution in [0.3, 0.4) is 0 Å². The van der Waals surface area contributed by atoms with E-state index in [4.69, 9.17) is 4.74 Å². The molecular formula is C47H38N2O. The third kappa shape index (κ3) is 3.86. The molecule has 3 aliphatic rings. The normalized spacial score (nSPS) is 15.3. The van der Waals surface area contributed by atoms with Gasteiger partial charge in [-0.15, -0.1) is 0 Å². The largest absolute Gasteiger partial charge is 0.453 e. The first-order valence-corrected chi connectivity index (χ1v) is 17.6. The number of fused-ring (bicyclic) bond motifs is 8. The van der Waals surface area contributed by atoms with Gasteiger partial charge in [-0.2, -0.15) is 0 Å². The van der Waals surface area contributed by atoms with E-state index in [-0.39, 0.29) is 10.8 Å². The minimum absolute atomic E-state index is 0.104. The van der Waals surface area contributed by atoms with Crippen molar-refractivity contribution in [2.75, 3.05) is 9.80 Å². The lowest BCUT2D eigenvalue weighted by molar-refractivity contribution is 0.471. The monoisotopic (exact) mass is 646 g/mol. The van der Waals surface area contributed by atoms with Gasteiger partial charge >= 0.3 is 0 Å². The van der Waals surface area contributed by atoms with E-state index in [1.54, 1.807) is 0 Å². The summed E-state index contributed by atoms with van der Waals surface area (Å²) in [7, 11) is 0. The summed E-state index contributed by atoms with van der Waals surface area (Å²) in [4.78, 5) is 4.92. The zero-order chi connectivity index (χ0) is 33.9. The van der Waals surface area contributed by atoms with Crippen molar-refractivity contribution < 1.29 is 4.74 Å². The SMILES string of the molecule is Cc1cccc2c1N1c3ccc(N(c4ccc5c(c4)C(C)(C)c4ccccc4-5)c4cccc5ccccc45)cc3C(C)(C)c3cccc(c31)O2. The highest BCUT2D eigenvalue weighted by Crippen LogP contribution is 2.61. The topological polar surface area (TPSA) is 15.7 Å². The first-order chi connectivity index (χ1) is 24.2. The van der Waals surface area contributed by atoms with Gasteiger partial charge in [0.05, 0.1) is 22.7 Å². The van der Waals surface area contributed by atoms with Crippen molar-refractivity contribution in [2.24, 2.45) is 0 Å². The molecule has 50 heavy (non-hydrogen) atoms. The van der Waals surface area contributed by atoms with Crippen LogP contribution in [0.15, 0.2) is 140 Å². The number of para-hydroxylation sites is 2. The Hall–Kier alpha value is -5.80. The second-order valence-electron chi connectivity index (χ2n) is 15.1. The van der Waals surface area contributed by atoms with Gasteiger partial charge < -0.3 is 14.5 Å². The molecule has 1 aliphatic carbocycles. The van der Waals surface area contributed by atoms with Crippen molar-refractivity contribution >= 4 is 44.9 Å². The Labute approximate surface area is 294 Å². The maximum atomic E-state index is 6.56. The van der Waals surface area contributed by atoms with Crippen LogP contribution in [0, 0.1) is 6.92 Å². The molecule has 0 atom stereocenters. The average Bonchev–Trinajstić information content (AvgIpc) is 3.36. The molecule has 242 valence electrons. The number of benzene rings is 7. The third-order valence-corrected chi connectivity index (χ3v) is 11.5. The van der Waals surface area contributed by atoms with E-state index in [0.717, 1.165) is 34.2 Å². The smallest absolute Gasteiger partial charge is 0.151 e. The third-order valence-electron chi connectivity index (χ3n) is 11.5. The Bertz CT molecular complexity index is 2550. The fourth-order valence-corrected chi connectivity index (χ4v) is 8.98. The first-order valence-electron chi connectivity index (χ1n) is 17.6. The van der Waals surface area contributed by atoms with Crippen LogP contribution < -0.4 is 14.5 Å². The van der Waals surface area contributed by atoms with E-state index < -0.39 is 0 Å². The van der Waals surface area contributed by atoms with Gasteiger partial charge in [-0.3, -0.25) is 0 Å². The fraction of sp³-hybridized carbons (Fsp3) is 0.149. The lowest BCUT2D eigenvalue weighted by atomic mass is 9.73. The zero-order valence-corrected chi connectivity index (χ0v) is 29.1. The van der Waals surface area contributed by atoms with Gasteiger partial charge in [0.2, 0.25) is 0 Å². The molecule has 0 fully saturated rings. The Morgan fingerprint density at radius 2 is 1.14 bits per heavy atom. The number of hydrogen-bond acceptors (Lipinski definition) is 3. The number of anilines is 6. The number of aryl methyl sites for hydroxylation is 1. The molecule has 3 heteroatoms. The lowest BCUT2D eigenvalue weighted by Crippen LogP contribution is -2.33. The van der Waals surface area contributed by atoms with Crippen LogP contribution in [0.4, 0.5) is 34.1 Å². The van der Waals surface area contributed by atoms with Crippen molar-refractivity contribution in [3.05, 3.63) is 167 Å². The van der Waals surface area contributed by atoms with Gasteiger partial charge in [0.15, 0.2) is 11.5 Å². The number of ether oxygens (including phenoxy) is 1. The molecule has 7 aromatic rings. The molecule has 0 radical (unpaired) electrons. The summed E-state index contributed by atoms with van der Waals surface area (Å²) in [6.45, 7) is 11.6. The minimum Gasteiger partial charge on any atom is -0.453 e. The van der Waals surface area contributed by atoms with E-state index >= 15 is 0 Å². The van der Waals surface area contributed by atoms with Crippen LogP contribution in [0.1, 0.15) is 55.5 Å². The molecule has 0 saturated carbocycles. The van der Waals surface area contributed by atoms with Crippen LogP contribution in [0.5, 0.6) is 11.5 Å². The quantitative estimate of drug-likeness (QED) is 0.190. The van der Waals surface area contributed by atoms with Crippen molar-refractivity contribution in [1.29, 1.82) is 0 Å². The van der Waals surface area contributed by atoms with Crippen molar-refractivity contribution in [3.8, 4) is 22.6 Å². The van der Waals surface area contributed by atoms with Crippen LogP contribution in [-0.2, 0) is 10.8 Å². The zero-order valence-electron chi connectivity index (χ0n) is 29.1. The van der Waals surface area contributed by atoms with Gasteiger partial charge in [-0.25, -0.2) is 0 Å².